The predicted molar refractivity (Wildman–Crippen MR) is 131 cm³/mol. The summed E-state index contributed by atoms with van der Waals surface area (Å²) in [4.78, 5) is 13.8. The molecule has 168 valence electrons. The zero-order valence-electron chi connectivity index (χ0n) is 18.9. The molecule has 0 bridgehead atoms. The average Bonchev–Trinajstić information content (AvgIpc) is 2.72. The van der Waals surface area contributed by atoms with Gasteiger partial charge in [-0.05, 0) is 86.7 Å². The van der Waals surface area contributed by atoms with Gasteiger partial charge in [0.15, 0.2) is 0 Å². The maximum atomic E-state index is 13.8. The van der Waals surface area contributed by atoms with Crippen LogP contribution in [-0.4, -0.2) is 14.3 Å². The van der Waals surface area contributed by atoms with Gasteiger partial charge in [-0.3, -0.25) is 4.79 Å². The molecule has 4 nitrogen and oxygen atoms in total. The average molecular weight is 470 g/mol. The van der Waals surface area contributed by atoms with E-state index < -0.39 is 15.9 Å². The summed E-state index contributed by atoms with van der Waals surface area (Å²) >= 11 is 5.96. The van der Waals surface area contributed by atoms with Crippen LogP contribution in [0.15, 0.2) is 65.6 Å². The van der Waals surface area contributed by atoms with Crippen LogP contribution in [0, 0.1) is 20.8 Å². The Labute approximate surface area is 195 Å². The highest BCUT2D eigenvalue weighted by atomic mass is 35.5. The van der Waals surface area contributed by atoms with Crippen molar-refractivity contribution < 1.29 is 13.2 Å². The highest BCUT2D eigenvalue weighted by Gasteiger charge is 2.33. The van der Waals surface area contributed by atoms with Crippen molar-refractivity contribution in [3.8, 4) is 0 Å². The third-order valence-corrected chi connectivity index (χ3v) is 7.39. The molecule has 0 aliphatic carbocycles. The van der Waals surface area contributed by atoms with Crippen molar-refractivity contribution in [2.75, 3.05) is 4.31 Å². The molecule has 3 rings (SSSR count). The van der Waals surface area contributed by atoms with E-state index in [2.05, 4.69) is 6.92 Å². The van der Waals surface area contributed by atoms with Gasteiger partial charge >= 0.3 is 0 Å². The quantitative estimate of drug-likeness (QED) is 0.389. The molecule has 0 heterocycles. The highest BCUT2D eigenvalue weighted by molar-refractivity contribution is 7.93. The fourth-order valence-electron chi connectivity index (χ4n) is 3.87. The number of halogens is 1. The van der Waals surface area contributed by atoms with Gasteiger partial charge in [0.1, 0.15) is 0 Å². The van der Waals surface area contributed by atoms with Gasteiger partial charge in [-0.25, -0.2) is 8.42 Å². The molecule has 0 aromatic heterocycles. The van der Waals surface area contributed by atoms with Crippen LogP contribution in [0.1, 0.15) is 52.4 Å². The largest absolute Gasteiger partial charge is 0.272 e. The summed E-state index contributed by atoms with van der Waals surface area (Å²) in [6.07, 6.45) is 3.03. The number of rotatable bonds is 7. The Morgan fingerprint density at radius 2 is 1.47 bits per heavy atom. The maximum absolute atomic E-state index is 13.8. The molecule has 0 saturated heterocycles. The Morgan fingerprint density at radius 3 is 2.00 bits per heavy atom. The van der Waals surface area contributed by atoms with Crippen LogP contribution in [0.3, 0.4) is 0 Å². The molecule has 0 saturated carbocycles. The molecule has 0 aliphatic rings. The van der Waals surface area contributed by atoms with Crippen molar-refractivity contribution in [1.82, 2.24) is 0 Å². The number of benzene rings is 3. The van der Waals surface area contributed by atoms with E-state index in [1.165, 1.54) is 24.3 Å². The van der Waals surface area contributed by atoms with Gasteiger partial charge < -0.3 is 0 Å². The second kappa shape index (κ2) is 9.88. The lowest BCUT2D eigenvalue weighted by Crippen LogP contribution is -2.38. The van der Waals surface area contributed by atoms with Crippen LogP contribution in [0.2, 0.25) is 5.02 Å². The standard InChI is InChI=1S/C26H28ClNO3S/c1-5-6-7-21-8-12-23(13-9-21)28(32(30,31)24-14-10-22(27)11-15-24)26(29)25-19(3)16-18(2)17-20(25)4/h8-17H,5-7H2,1-4H3. The molecule has 0 radical (unpaired) electrons. The van der Waals surface area contributed by atoms with Gasteiger partial charge in [0, 0.05) is 10.6 Å². The fourth-order valence-corrected chi connectivity index (χ4v) is 5.40. The summed E-state index contributed by atoms with van der Waals surface area (Å²) in [6, 6.07) is 16.8. The molecule has 3 aromatic carbocycles. The number of amides is 1. The van der Waals surface area contributed by atoms with Gasteiger partial charge in [0.25, 0.3) is 15.9 Å². The normalized spacial score (nSPS) is 11.4. The topological polar surface area (TPSA) is 54.5 Å². The molecule has 0 aliphatic heterocycles. The SMILES string of the molecule is CCCCc1ccc(N(C(=O)c2c(C)cc(C)cc2C)S(=O)(=O)c2ccc(Cl)cc2)cc1. The van der Waals surface area contributed by atoms with Crippen molar-refractivity contribution in [2.45, 2.75) is 51.9 Å². The molecule has 0 fully saturated rings. The third-order valence-electron chi connectivity index (χ3n) is 5.42. The zero-order valence-corrected chi connectivity index (χ0v) is 20.4. The summed E-state index contributed by atoms with van der Waals surface area (Å²) in [5.74, 6) is -0.573. The van der Waals surface area contributed by atoms with Crippen LogP contribution in [0.25, 0.3) is 0 Å². The van der Waals surface area contributed by atoms with Crippen LogP contribution >= 0.6 is 11.6 Å². The molecule has 0 spiro atoms. The number of anilines is 1. The minimum absolute atomic E-state index is 0.00715. The number of aryl methyl sites for hydroxylation is 4. The number of carbonyl (C=O) groups is 1. The van der Waals surface area contributed by atoms with Gasteiger partial charge in [0.05, 0.1) is 10.6 Å². The molecule has 0 unspecified atom stereocenters. The molecule has 6 heteroatoms. The lowest BCUT2D eigenvalue weighted by atomic mass is 9.99. The minimum Gasteiger partial charge on any atom is -0.268 e. The van der Waals surface area contributed by atoms with E-state index in [4.69, 9.17) is 11.6 Å². The van der Waals surface area contributed by atoms with Gasteiger partial charge in [-0.15, -0.1) is 0 Å². The van der Waals surface area contributed by atoms with E-state index in [1.54, 1.807) is 12.1 Å². The zero-order chi connectivity index (χ0) is 23.5. The lowest BCUT2D eigenvalue weighted by Gasteiger charge is -2.25. The number of carbonyl (C=O) groups excluding carboxylic acids is 1. The number of nitrogens with zero attached hydrogens (tertiary/aromatic N) is 1. The lowest BCUT2D eigenvalue weighted by molar-refractivity contribution is 0.100. The molecule has 3 aromatic rings. The molecule has 32 heavy (non-hydrogen) atoms. The first kappa shape index (κ1) is 24.0. The van der Waals surface area contributed by atoms with E-state index in [-0.39, 0.29) is 4.90 Å². The number of unbranched alkanes of at least 4 members (excludes halogenated alkanes) is 1. The third kappa shape index (κ3) is 5.05. The molecule has 0 atom stereocenters. The van der Waals surface area contributed by atoms with E-state index in [9.17, 15) is 13.2 Å². The van der Waals surface area contributed by atoms with Crippen molar-refractivity contribution in [3.63, 3.8) is 0 Å². The van der Waals surface area contributed by atoms with Crippen molar-refractivity contribution in [3.05, 3.63) is 93.5 Å². The Kier molecular flexibility index (Phi) is 7.42. The van der Waals surface area contributed by atoms with Gasteiger partial charge in [-0.2, -0.15) is 4.31 Å². The van der Waals surface area contributed by atoms with E-state index >= 15 is 0 Å². The van der Waals surface area contributed by atoms with Gasteiger partial charge in [0.2, 0.25) is 0 Å². The number of hydrogen-bond donors (Lipinski definition) is 0. The van der Waals surface area contributed by atoms with Crippen LogP contribution < -0.4 is 4.31 Å². The first-order chi connectivity index (χ1) is 15.1. The summed E-state index contributed by atoms with van der Waals surface area (Å²) in [6.45, 7) is 7.73. The van der Waals surface area contributed by atoms with Gasteiger partial charge in [-0.1, -0.05) is 54.8 Å². The molecular formula is C26H28ClNO3S. The monoisotopic (exact) mass is 469 g/mol. The number of hydrogen-bond acceptors (Lipinski definition) is 3. The summed E-state index contributed by atoms with van der Waals surface area (Å²) < 4.78 is 28.2. The Hall–Kier alpha value is -2.63. The van der Waals surface area contributed by atoms with Crippen LogP contribution in [0.5, 0.6) is 0 Å². The Morgan fingerprint density at radius 1 is 0.906 bits per heavy atom. The first-order valence-corrected chi connectivity index (χ1v) is 12.5. The first-order valence-electron chi connectivity index (χ1n) is 10.7. The smallest absolute Gasteiger partial charge is 0.268 e. The second-order valence-electron chi connectivity index (χ2n) is 8.07. The fraction of sp³-hybridized carbons (Fsp3) is 0.269. The maximum Gasteiger partial charge on any atom is 0.272 e. The van der Waals surface area contributed by atoms with Crippen LogP contribution in [0.4, 0.5) is 5.69 Å². The highest BCUT2D eigenvalue weighted by Crippen LogP contribution is 2.29. The van der Waals surface area contributed by atoms with E-state index in [0.717, 1.165) is 45.8 Å². The summed E-state index contributed by atoms with van der Waals surface area (Å²) in [5.41, 5.74) is 4.30. The molecule has 1 amide bonds. The Balaban J connectivity index is 2.15. The second-order valence-corrected chi connectivity index (χ2v) is 10.3. The minimum atomic E-state index is -4.17. The molecular weight excluding hydrogens is 442 g/mol. The van der Waals surface area contributed by atoms with Crippen molar-refractivity contribution in [1.29, 1.82) is 0 Å². The van der Waals surface area contributed by atoms with E-state index in [0.29, 0.717) is 16.3 Å². The van der Waals surface area contributed by atoms with E-state index in [1.807, 2.05) is 45.0 Å². The Bertz CT molecular complexity index is 1190. The number of sulfonamides is 1. The summed E-state index contributed by atoms with van der Waals surface area (Å²) in [7, 11) is -4.17. The van der Waals surface area contributed by atoms with Crippen LogP contribution in [-0.2, 0) is 16.4 Å². The van der Waals surface area contributed by atoms with Crippen molar-refractivity contribution >= 4 is 33.2 Å². The van der Waals surface area contributed by atoms with Crippen molar-refractivity contribution in [2.24, 2.45) is 0 Å². The predicted octanol–water partition coefficient (Wildman–Crippen LogP) is 6.64. The summed E-state index contributed by atoms with van der Waals surface area (Å²) in [5, 5.41) is 0.423. The molecule has 0 N–H and O–H groups in total.